The van der Waals surface area contributed by atoms with E-state index < -0.39 is 10.8 Å². The van der Waals surface area contributed by atoms with Crippen molar-refractivity contribution in [3.63, 3.8) is 0 Å². The van der Waals surface area contributed by atoms with Gasteiger partial charge in [-0.25, -0.2) is 0 Å². The Morgan fingerprint density at radius 2 is 2.00 bits per heavy atom. The molecule has 0 spiro atoms. The number of hydrogen-bond acceptors (Lipinski definition) is 5. The Kier molecular flexibility index (Phi) is 6.89. The van der Waals surface area contributed by atoms with Crippen LogP contribution in [0.15, 0.2) is 23.1 Å². The average Bonchev–Trinajstić information content (AvgIpc) is 3.42. The second-order valence-corrected chi connectivity index (χ2v) is 7.48. The number of nitrogens with one attached hydrogen (secondary N) is 1. The van der Waals surface area contributed by atoms with Crippen LogP contribution in [0.4, 0.5) is 0 Å². The van der Waals surface area contributed by atoms with Crippen molar-refractivity contribution in [1.82, 2.24) is 5.32 Å². The molecular weight excluding hydrogens is 352 g/mol. The minimum atomic E-state index is -1.24. The summed E-state index contributed by atoms with van der Waals surface area (Å²) in [5.74, 6) is 2.02. The summed E-state index contributed by atoms with van der Waals surface area (Å²) in [6, 6.07) is 5.29. The molecule has 1 aliphatic heterocycles. The molecule has 2 unspecified atom stereocenters. The van der Waals surface area contributed by atoms with E-state index >= 15 is 0 Å². The fourth-order valence-corrected chi connectivity index (χ4v) is 3.54. The molecule has 1 aromatic rings. The number of nitrogens with two attached hydrogens (primary N) is 1. The van der Waals surface area contributed by atoms with Crippen molar-refractivity contribution < 1.29 is 18.5 Å². The highest BCUT2D eigenvalue weighted by atomic mass is 35.5. The molecule has 1 amide bonds. The highest BCUT2D eigenvalue weighted by Crippen LogP contribution is 2.32. The molecule has 3 N–H and O–H groups in total. The van der Waals surface area contributed by atoms with E-state index in [2.05, 4.69) is 5.32 Å². The quantitative estimate of drug-likeness (QED) is 0.749. The Hall–Kier alpha value is -1.31. The van der Waals surface area contributed by atoms with Crippen molar-refractivity contribution in [3.05, 3.63) is 18.2 Å². The summed E-state index contributed by atoms with van der Waals surface area (Å²) in [6.45, 7) is 1.52. The molecule has 24 heavy (non-hydrogen) atoms. The van der Waals surface area contributed by atoms with E-state index in [1.54, 1.807) is 18.2 Å². The van der Waals surface area contributed by atoms with Gasteiger partial charge in [0.2, 0.25) is 5.91 Å². The summed E-state index contributed by atoms with van der Waals surface area (Å²) in [6.07, 6.45) is 2.54. The number of ether oxygens (including phenoxy) is 2. The number of benzene rings is 1. The van der Waals surface area contributed by atoms with E-state index in [0.29, 0.717) is 42.1 Å². The fourth-order valence-electron chi connectivity index (χ4n) is 2.48. The Balaban J connectivity index is 0.00000208. The number of hydrogen-bond donors (Lipinski definition) is 2. The van der Waals surface area contributed by atoms with Crippen LogP contribution in [0, 0.1) is 5.92 Å². The third-order valence-corrected chi connectivity index (χ3v) is 5.41. The highest BCUT2D eigenvalue weighted by molar-refractivity contribution is 7.85. The highest BCUT2D eigenvalue weighted by Gasteiger charge is 2.28. The molecule has 3 rings (SSSR count). The van der Waals surface area contributed by atoms with E-state index in [1.165, 1.54) is 0 Å². The van der Waals surface area contributed by atoms with Crippen molar-refractivity contribution in [2.75, 3.05) is 25.5 Å². The lowest BCUT2D eigenvalue weighted by Crippen LogP contribution is -2.38. The van der Waals surface area contributed by atoms with Gasteiger partial charge >= 0.3 is 0 Å². The van der Waals surface area contributed by atoms with Gasteiger partial charge in [-0.3, -0.25) is 9.00 Å². The molecule has 134 valence electrons. The Morgan fingerprint density at radius 1 is 1.29 bits per heavy atom. The van der Waals surface area contributed by atoms with Crippen molar-refractivity contribution >= 4 is 29.1 Å². The normalized spacial score (nSPS) is 18.2. The smallest absolute Gasteiger partial charge is 0.220 e. The van der Waals surface area contributed by atoms with E-state index in [1.807, 2.05) is 0 Å². The zero-order valence-electron chi connectivity index (χ0n) is 13.4. The van der Waals surface area contributed by atoms with Gasteiger partial charge in [0.05, 0.1) is 10.8 Å². The summed E-state index contributed by atoms with van der Waals surface area (Å²) in [7, 11) is -1.24. The van der Waals surface area contributed by atoms with Crippen LogP contribution in [-0.2, 0) is 15.6 Å². The van der Waals surface area contributed by atoms with E-state index in [0.717, 1.165) is 12.8 Å². The molecule has 1 aliphatic carbocycles. The van der Waals surface area contributed by atoms with Crippen LogP contribution in [0.1, 0.15) is 19.3 Å². The lowest BCUT2D eigenvalue weighted by Gasteiger charge is -2.18. The first kappa shape index (κ1) is 19.0. The van der Waals surface area contributed by atoms with Crippen molar-refractivity contribution in [2.45, 2.75) is 30.2 Å². The van der Waals surface area contributed by atoms with Crippen molar-refractivity contribution in [1.29, 1.82) is 0 Å². The predicted molar refractivity (Wildman–Crippen MR) is 94.3 cm³/mol. The van der Waals surface area contributed by atoms with Crippen LogP contribution in [-0.4, -0.2) is 41.7 Å². The summed E-state index contributed by atoms with van der Waals surface area (Å²) >= 11 is 0. The van der Waals surface area contributed by atoms with E-state index in [9.17, 15) is 9.00 Å². The standard InChI is InChI=1S/C16H22N2O4S.ClH/c17-13(11-1-2-11)10-18-16(19)5-8-23(20)12-3-4-14-15(9-12)22-7-6-21-14;/h3-4,9,11,13H,1-2,5-8,10,17H2,(H,18,19);1H. The van der Waals surface area contributed by atoms with Gasteiger partial charge in [0.1, 0.15) is 13.2 Å². The molecule has 1 saturated carbocycles. The van der Waals surface area contributed by atoms with E-state index in [-0.39, 0.29) is 36.5 Å². The van der Waals surface area contributed by atoms with Gasteiger partial charge in [0.25, 0.3) is 0 Å². The van der Waals surface area contributed by atoms with Crippen LogP contribution in [0.5, 0.6) is 11.5 Å². The third kappa shape index (κ3) is 5.09. The molecule has 1 heterocycles. The van der Waals surface area contributed by atoms with Gasteiger partial charge in [0, 0.05) is 35.7 Å². The Morgan fingerprint density at radius 3 is 2.71 bits per heavy atom. The van der Waals surface area contributed by atoms with Gasteiger partial charge in [-0.05, 0) is 30.9 Å². The van der Waals surface area contributed by atoms with Crippen LogP contribution in [0.3, 0.4) is 0 Å². The number of rotatable bonds is 7. The summed E-state index contributed by atoms with van der Waals surface area (Å²) in [5.41, 5.74) is 5.94. The minimum Gasteiger partial charge on any atom is -0.486 e. The first-order valence-corrected chi connectivity index (χ1v) is 9.25. The van der Waals surface area contributed by atoms with Gasteiger partial charge in [-0.2, -0.15) is 0 Å². The molecule has 0 aromatic heterocycles. The molecule has 2 atom stereocenters. The molecule has 2 aliphatic rings. The molecule has 8 heteroatoms. The first-order chi connectivity index (χ1) is 11.1. The van der Waals surface area contributed by atoms with Crippen LogP contribution < -0.4 is 20.5 Å². The molecule has 1 aromatic carbocycles. The first-order valence-electron chi connectivity index (χ1n) is 7.94. The summed E-state index contributed by atoms with van der Waals surface area (Å²) in [4.78, 5) is 12.5. The predicted octanol–water partition coefficient (Wildman–Crippen LogP) is 1.23. The minimum absolute atomic E-state index is 0. The maximum Gasteiger partial charge on any atom is 0.220 e. The number of amides is 1. The second kappa shape index (κ2) is 8.69. The lowest BCUT2D eigenvalue weighted by atomic mass is 10.2. The van der Waals surface area contributed by atoms with Gasteiger partial charge in [0.15, 0.2) is 11.5 Å². The van der Waals surface area contributed by atoms with Gasteiger partial charge in [-0.15, -0.1) is 12.4 Å². The maximum absolute atomic E-state index is 12.3. The Bertz CT molecular complexity index is 610. The second-order valence-electron chi connectivity index (χ2n) is 5.91. The van der Waals surface area contributed by atoms with Crippen LogP contribution >= 0.6 is 12.4 Å². The Labute approximate surface area is 150 Å². The maximum atomic E-state index is 12.3. The summed E-state index contributed by atoms with van der Waals surface area (Å²) in [5, 5.41) is 2.82. The number of carbonyl (C=O) groups is 1. The zero-order chi connectivity index (χ0) is 16.2. The lowest BCUT2D eigenvalue weighted by molar-refractivity contribution is -0.120. The number of halogens is 1. The van der Waals surface area contributed by atoms with Gasteiger partial charge in [-0.1, -0.05) is 0 Å². The largest absolute Gasteiger partial charge is 0.486 e. The molecule has 0 saturated heterocycles. The SMILES string of the molecule is Cl.NC(CNC(=O)CCS(=O)c1ccc2c(c1)OCCO2)C1CC1. The number of fused-ring (bicyclic) bond motifs is 1. The molecule has 6 nitrogen and oxygen atoms in total. The van der Waals surface area contributed by atoms with Crippen molar-refractivity contribution in [2.24, 2.45) is 11.7 Å². The average molecular weight is 375 g/mol. The summed E-state index contributed by atoms with van der Waals surface area (Å²) < 4.78 is 23.2. The molecule has 0 radical (unpaired) electrons. The zero-order valence-corrected chi connectivity index (χ0v) is 15.0. The third-order valence-electron chi connectivity index (χ3n) is 4.05. The van der Waals surface area contributed by atoms with Gasteiger partial charge < -0.3 is 20.5 Å². The van der Waals surface area contributed by atoms with E-state index in [4.69, 9.17) is 15.2 Å². The van der Waals surface area contributed by atoms with Crippen LogP contribution in [0.25, 0.3) is 0 Å². The topological polar surface area (TPSA) is 90.7 Å². The monoisotopic (exact) mass is 374 g/mol. The number of carbonyl (C=O) groups excluding carboxylic acids is 1. The van der Waals surface area contributed by atoms with Crippen LogP contribution in [0.2, 0.25) is 0 Å². The molecular formula is C16H23ClN2O4S. The molecule has 0 bridgehead atoms. The fraction of sp³-hybridized carbons (Fsp3) is 0.562. The van der Waals surface area contributed by atoms with Crippen molar-refractivity contribution in [3.8, 4) is 11.5 Å². The molecule has 1 fully saturated rings.